The molecule has 41 heavy (non-hydrogen) atoms. The van der Waals surface area contributed by atoms with Crippen LogP contribution in [0.2, 0.25) is 5.02 Å². The van der Waals surface area contributed by atoms with Crippen LogP contribution < -0.4 is 14.8 Å². The van der Waals surface area contributed by atoms with Crippen molar-refractivity contribution in [3.05, 3.63) is 105 Å². The van der Waals surface area contributed by atoms with Crippen LogP contribution in [0.15, 0.2) is 72.2 Å². The number of anilines is 1. The number of benzene rings is 3. The molecule has 0 atom stereocenters. The lowest BCUT2D eigenvalue weighted by Gasteiger charge is -2.17. The molecule has 1 heterocycles. The molecule has 1 fully saturated rings. The Morgan fingerprint density at radius 2 is 1.83 bits per heavy atom. The van der Waals surface area contributed by atoms with Crippen LogP contribution in [0, 0.1) is 13.8 Å². The van der Waals surface area contributed by atoms with Crippen molar-refractivity contribution in [2.45, 2.75) is 33.8 Å². The Balaban J connectivity index is 1.55. The summed E-state index contributed by atoms with van der Waals surface area (Å²) in [5, 5.41) is 2.94. The van der Waals surface area contributed by atoms with E-state index in [0.717, 1.165) is 38.9 Å². The van der Waals surface area contributed by atoms with Crippen LogP contribution in [0.4, 0.5) is 10.5 Å². The molecule has 0 aliphatic carbocycles. The number of imide groups is 1. The van der Waals surface area contributed by atoms with Gasteiger partial charge >= 0.3 is 0 Å². The lowest BCUT2D eigenvalue weighted by molar-refractivity contribution is -0.127. The molecule has 0 spiro atoms. The second-order valence-electron chi connectivity index (χ2n) is 9.48. The molecule has 0 unspecified atom stereocenters. The molecule has 4 rings (SSSR count). The minimum Gasteiger partial charge on any atom is -0.490 e. The first-order valence-electron chi connectivity index (χ1n) is 13.1. The summed E-state index contributed by atoms with van der Waals surface area (Å²) in [7, 11) is 0. The number of hydrogen-bond acceptors (Lipinski definition) is 6. The lowest BCUT2D eigenvalue weighted by atomic mass is 10.0. The molecule has 0 bridgehead atoms. The Bertz CT molecular complexity index is 1520. The van der Waals surface area contributed by atoms with E-state index < -0.39 is 17.1 Å². The van der Waals surface area contributed by atoms with E-state index in [9.17, 15) is 14.4 Å². The van der Waals surface area contributed by atoms with Crippen LogP contribution >= 0.6 is 23.4 Å². The third kappa shape index (κ3) is 7.60. The first kappa shape index (κ1) is 30.0. The monoisotopic (exact) mass is 590 g/mol. The normalized spacial score (nSPS) is 14.0. The van der Waals surface area contributed by atoms with E-state index in [1.54, 1.807) is 30.4 Å². The van der Waals surface area contributed by atoms with Gasteiger partial charge in [-0.15, -0.1) is 6.58 Å². The smallest absolute Gasteiger partial charge is 0.294 e. The average Bonchev–Trinajstić information content (AvgIpc) is 3.18. The maximum Gasteiger partial charge on any atom is 0.294 e. The largest absolute Gasteiger partial charge is 0.490 e. The minimum absolute atomic E-state index is 0.219. The SMILES string of the molecule is C=CCc1cc(/C=C2\SC(=O)N(CC(=O)Nc3cc(C)ccc3C)C2=O)cc(OCC)c1OCc1ccc(Cl)cc1. The molecular weight excluding hydrogens is 560 g/mol. The molecule has 3 amide bonds. The number of aryl methyl sites for hydroxylation is 2. The Kier molecular flexibility index (Phi) is 9.91. The van der Waals surface area contributed by atoms with Crippen molar-refractivity contribution in [2.75, 3.05) is 18.5 Å². The van der Waals surface area contributed by atoms with Crippen molar-refractivity contribution < 1.29 is 23.9 Å². The second kappa shape index (κ2) is 13.6. The quantitative estimate of drug-likeness (QED) is 0.186. The van der Waals surface area contributed by atoms with Gasteiger partial charge in [0, 0.05) is 16.3 Å². The number of carbonyl (C=O) groups excluding carboxylic acids is 3. The maximum atomic E-state index is 13.2. The molecule has 3 aromatic carbocycles. The van der Waals surface area contributed by atoms with E-state index in [0.29, 0.717) is 47.4 Å². The minimum atomic E-state index is -0.526. The van der Waals surface area contributed by atoms with Crippen molar-refractivity contribution in [2.24, 2.45) is 0 Å². The Morgan fingerprint density at radius 1 is 1.07 bits per heavy atom. The van der Waals surface area contributed by atoms with Gasteiger partial charge in [-0.25, -0.2) is 0 Å². The zero-order valence-corrected chi connectivity index (χ0v) is 24.7. The number of carbonyl (C=O) groups is 3. The highest BCUT2D eigenvalue weighted by molar-refractivity contribution is 8.18. The van der Waals surface area contributed by atoms with Gasteiger partial charge in [-0.3, -0.25) is 19.3 Å². The zero-order valence-electron chi connectivity index (χ0n) is 23.2. The predicted octanol–water partition coefficient (Wildman–Crippen LogP) is 7.34. The van der Waals surface area contributed by atoms with Crippen LogP contribution in [-0.2, 0) is 22.6 Å². The van der Waals surface area contributed by atoms with E-state index >= 15 is 0 Å². The molecule has 9 heteroatoms. The third-order valence-electron chi connectivity index (χ3n) is 6.25. The van der Waals surface area contributed by atoms with Gasteiger partial charge in [0.1, 0.15) is 13.2 Å². The van der Waals surface area contributed by atoms with Gasteiger partial charge in [-0.1, -0.05) is 41.9 Å². The summed E-state index contributed by atoms with van der Waals surface area (Å²) < 4.78 is 12.1. The Morgan fingerprint density at radius 3 is 2.54 bits per heavy atom. The summed E-state index contributed by atoms with van der Waals surface area (Å²) in [6.45, 7) is 9.87. The summed E-state index contributed by atoms with van der Waals surface area (Å²) in [6.07, 6.45) is 3.88. The van der Waals surface area contributed by atoms with Crippen LogP contribution in [-0.4, -0.2) is 35.1 Å². The maximum absolute atomic E-state index is 13.2. The molecule has 1 aliphatic heterocycles. The Hall–Kier alpha value is -4.01. The summed E-state index contributed by atoms with van der Waals surface area (Å²) >= 11 is 6.80. The fourth-order valence-corrected chi connectivity index (χ4v) is 5.19. The Labute approximate surface area is 249 Å². The van der Waals surface area contributed by atoms with Gasteiger partial charge in [-0.05, 0) is 97.6 Å². The molecule has 1 aliphatic rings. The predicted molar refractivity (Wildman–Crippen MR) is 165 cm³/mol. The van der Waals surface area contributed by atoms with Crippen molar-refractivity contribution in [3.8, 4) is 11.5 Å². The van der Waals surface area contributed by atoms with Gasteiger partial charge in [0.25, 0.3) is 11.1 Å². The number of halogens is 1. The topological polar surface area (TPSA) is 84.9 Å². The van der Waals surface area contributed by atoms with Crippen molar-refractivity contribution >= 4 is 52.2 Å². The average molecular weight is 591 g/mol. The number of allylic oxidation sites excluding steroid dienone is 1. The van der Waals surface area contributed by atoms with Crippen molar-refractivity contribution in [1.29, 1.82) is 0 Å². The van der Waals surface area contributed by atoms with Crippen LogP contribution in [0.1, 0.15) is 34.7 Å². The number of hydrogen-bond donors (Lipinski definition) is 1. The van der Waals surface area contributed by atoms with Gasteiger partial charge < -0.3 is 14.8 Å². The molecular formula is C32H31ClN2O5S. The van der Waals surface area contributed by atoms with Gasteiger partial charge in [0.2, 0.25) is 5.91 Å². The number of rotatable bonds is 11. The van der Waals surface area contributed by atoms with Crippen molar-refractivity contribution in [3.63, 3.8) is 0 Å². The molecule has 3 aromatic rings. The number of ether oxygens (including phenoxy) is 2. The second-order valence-corrected chi connectivity index (χ2v) is 10.9. The van der Waals surface area contributed by atoms with E-state index in [1.807, 2.05) is 57.2 Å². The van der Waals surface area contributed by atoms with Crippen LogP contribution in [0.25, 0.3) is 6.08 Å². The number of amides is 3. The first-order valence-corrected chi connectivity index (χ1v) is 14.3. The van der Waals surface area contributed by atoms with Gasteiger partial charge in [-0.2, -0.15) is 0 Å². The highest BCUT2D eigenvalue weighted by Crippen LogP contribution is 2.38. The molecule has 7 nitrogen and oxygen atoms in total. The molecule has 212 valence electrons. The van der Waals surface area contributed by atoms with Crippen LogP contribution in [0.5, 0.6) is 11.5 Å². The highest BCUT2D eigenvalue weighted by Gasteiger charge is 2.36. The van der Waals surface area contributed by atoms with E-state index in [4.69, 9.17) is 21.1 Å². The fraction of sp³-hybridized carbons (Fsp3) is 0.219. The van der Waals surface area contributed by atoms with Crippen molar-refractivity contribution in [1.82, 2.24) is 4.90 Å². The summed E-state index contributed by atoms with van der Waals surface area (Å²) in [5.41, 5.74) is 4.95. The molecule has 1 N–H and O–H groups in total. The van der Waals surface area contributed by atoms with Gasteiger partial charge in [0.15, 0.2) is 11.5 Å². The molecule has 0 aromatic heterocycles. The fourth-order valence-electron chi connectivity index (χ4n) is 4.23. The highest BCUT2D eigenvalue weighted by atomic mass is 35.5. The molecule has 0 radical (unpaired) electrons. The summed E-state index contributed by atoms with van der Waals surface area (Å²) in [6, 6.07) is 16.7. The van der Waals surface area contributed by atoms with Crippen LogP contribution in [0.3, 0.4) is 0 Å². The number of nitrogens with one attached hydrogen (secondary N) is 1. The molecule has 1 saturated heterocycles. The first-order chi connectivity index (χ1) is 19.7. The summed E-state index contributed by atoms with van der Waals surface area (Å²) in [5.74, 6) is 0.119. The zero-order chi connectivity index (χ0) is 29.5. The van der Waals surface area contributed by atoms with Gasteiger partial charge in [0.05, 0.1) is 11.5 Å². The van der Waals surface area contributed by atoms with E-state index in [1.165, 1.54) is 0 Å². The van der Waals surface area contributed by atoms with E-state index in [2.05, 4.69) is 11.9 Å². The number of thioether (sulfide) groups is 1. The number of nitrogens with zero attached hydrogens (tertiary/aromatic N) is 1. The van der Waals surface area contributed by atoms with E-state index in [-0.39, 0.29) is 11.4 Å². The third-order valence-corrected chi connectivity index (χ3v) is 7.41. The summed E-state index contributed by atoms with van der Waals surface area (Å²) in [4.78, 5) is 39.7. The molecule has 0 saturated carbocycles. The lowest BCUT2D eigenvalue weighted by Crippen LogP contribution is -2.36. The standard InChI is InChI=1S/C32H31ClN2O5S/c1-5-7-24-15-23(16-27(39-6-2)30(24)40-19-22-10-12-25(33)13-11-22)17-28-31(37)35(32(38)41-28)18-29(36)34-26-14-20(3)8-9-21(26)4/h5,8-17H,1,6-7,18-19H2,2-4H3,(H,34,36)/b28-17-.